The van der Waals surface area contributed by atoms with Crippen LogP contribution in [0.5, 0.6) is 0 Å². The Bertz CT molecular complexity index is 194. The Morgan fingerprint density at radius 2 is 2.08 bits per heavy atom. The summed E-state index contributed by atoms with van der Waals surface area (Å²) in [6.45, 7) is 7.11. The molecule has 0 aromatic rings. The summed E-state index contributed by atoms with van der Waals surface area (Å²) in [7, 11) is 0. The lowest BCUT2D eigenvalue weighted by Crippen LogP contribution is -2.37. The van der Waals surface area contributed by atoms with Crippen LogP contribution in [-0.4, -0.2) is 28.9 Å². The Labute approximate surface area is 85.3 Å². The molecule has 0 spiro atoms. The van der Waals surface area contributed by atoms with Crippen LogP contribution in [0.3, 0.4) is 0 Å². The van der Waals surface area contributed by atoms with Gasteiger partial charge < -0.3 is 10.6 Å². The zero-order valence-corrected chi connectivity index (χ0v) is 9.36. The first-order valence-electron chi connectivity index (χ1n) is 4.60. The highest BCUT2D eigenvalue weighted by molar-refractivity contribution is 7.80. The van der Waals surface area contributed by atoms with Crippen LogP contribution in [-0.2, 0) is 4.79 Å². The molecule has 3 nitrogen and oxygen atoms in total. The highest BCUT2D eigenvalue weighted by Crippen LogP contribution is 2.02. The van der Waals surface area contributed by atoms with Crippen LogP contribution < -0.4 is 5.73 Å². The van der Waals surface area contributed by atoms with Gasteiger partial charge in [-0.1, -0.05) is 26.1 Å². The van der Waals surface area contributed by atoms with Crippen molar-refractivity contribution in [1.29, 1.82) is 0 Å². The number of hydrogen-bond donors (Lipinski definition) is 1. The number of nitrogens with zero attached hydrogens (tertiary/aromatic N) is 1. The van der Waals surface area contributed by atoms with Crippen molar-refractivity contribution in [3.05, 3.63) is 0 Å². The second kappa shape index (κ2) is 5.91. The van der Waals surface area contributed by atoms with Crippen molar-refractivity contribution in [3.63, 3.8) is 0 Å². The predicted molar refractivity (Wildman–Crippen MR) is 58.5 cm³/mol. The van der Waals surface area contributed by atoms with Gasteiger partial charge in [0.25, 0.3) is 0 Å². The van der Waals surface area contributed by atoms with E-state index in [2.05, 4.69) is 0 Å². The Hall–Kier alpha value is -0.640. The molecular formula is C9H18N2OS. The third-order valence-corrected chi connectivity index (χ3v) is 2.42. The molecule has 1 amide bonds. The van der Waals surface area contributed by atoms with Gasteiger partial charge in [-0.3, -0.25) is 4.79 Å². The Balaban J connectivity index is 4.12. The third kappa shape index (κ3) is 4.22. The van der Waals surface area contributed by atoms with Gasteiger partial charge in [0, 0.05) is 25.4 Å². The summed E-state index contributed by atoms with van der Waals surface area (Å²) in [6, 6.07) is 0. The fraction of sp³-hybridized carbons (Fsp3) is 0.778. The smallest absolute Gasteiger partial charge is 0.222 e. The summed E-state index contributed by atoms with van der Waals surface area (Å²) in [5.74, 6) is 0.260. The average Bonchev–Trinajstić information content (AvgIpc) is 2.12. The quantitative estimate of drug-likeness (QED) is 0.681. The molecule has 0 saturated carbocycles. The first-order valence-corrected chi connectivity index (χ1v) is 5.00. The lowest BCUT2D eigenvalue weighted by Gasteiger charge is -2.23. The number of carbonyl (C=O) groups is 1. The van der Waals surface area contributed by atoms with Gasteiger partial charge in [-0.15, -0.1) is 0 Å². The standard InChI is InChI=1S/C9H18N2OS/c1-4-8(12)11(5-2)6-7(3)9(10)13/h7H,4-6H2,1-3H3,(H2,10,13). The molecule has 0 radical (unpaired) electrons. The predicted octanol–water partition coefficient (Wildman–Crippen LogP) is 1.17. The summed E-state index contributed by atoms with van der Waals surface area (Å²) in [5, 5.41) is 0. The third-order valence-electron chi connectivity index (χ3n) is 2.02. The zero-order chi connectivity index (χ0) is 10.4. The fourth-order valence-corrected chi connectivity index (χ4v) is 1.13. The minimum absolute atomic E-state index is 0.102. The van der Waals surface area contributed by atoms with Gasteiger partial charge >= 0.3 is 0 Å². The van der Waals surface area contributed by atoms with E-state index in [1.807, 2.05) is 20.8 Å². The van der Waals surface area contributed by atoms with Crippen molar-refractivity contribution in [2.75, 3.05) is 13.1 Å². The van der Waals surface area contributed by atoms with E-state index in [0.717, 1.165) is 6.54 Å². The molecule has 0 fully saturated rings. The minimum Gasteiger partial charge on any atom is -0.393 e. The van der Waals surface area contributed by atoms with E-state index in [1.54, 1.807) is 4.90 Å². The molecule has 0 heterocycles. The number of carbonyl (C=O) groups excluding carboxylic acids is 1. The fourth-order valence-electron chi connectivity index (χ4n) is 1.05. The lowest BCUT2D eigenvalue weighted by atomic mass is 10.1. The van der Waals surface area contributed by atoms with Crippen molar-refractivity contribution in [1.82, 2.24) is 4.90 Å². The van der Waals surface area contributed by atoms with Crippen molar-refractivity contribution in [2.24, 2.45) is 11.7 Å². The van der Waals surface area contributed by atoms with Crippen molar-refractivity contribution in [3.8, 4) is 0 Å². The second-order valence-electron chi connectivity index (χ2n) is 3.09. The number of hydrogen-bond acceptors (Lipinski definition) is 2. The van der Waals surface area contributed by atoms with E-state index in [0.29, 0.717) is 18.0 Å². The zero-order valence-electron chi connectivity index (χ0n) is 8.54. The highest BCUT2D eigenvalue weighted by atomic mass is 32.1. The lowest BCUT2D eigenvalue weighted by molar-refractivity contribution is -0.130. The van der Waals surface area contributed by atoms with E-state index >= 15 is 0 Å². The Morgan fingerprint density at radius 3 is 2.38 bits per heavy atom. The summed E-state index contributed by atoms with van der Waals surface area (Å²) in [4.78, 5) is 13.6. The second-order valence-corrected chi connectivity index (χ2v) is 3.56. The van der Waals surface area contributed by atoms with Crippen LogP contribution >= 0.6 is 12.2 Å². The molecule has 1 unspecified atom stereocenters. The van der Waals surface area contributed by atoms with Gasteiger partial charge in [-0.25, -0.2) is 0 Å². The molecule has 0 aromatic heterocycles. The Kier molecular flexibility index (Phi) is 5.62. The molecule has 0 aliphatic carbocycles. The van der Waals surface area contributed by atoms with Gasteiger partial charge in [-0.05, 0) is 6.92 Å². The molecule has 0 rings (SSSR count). The maximum atomic E-state index is 11.3. The normalized spacial score (nSPS) is 12.2. The number of nitrogens with two attached hydrogens (primary N) is 1. The van der Waals surface area contributed by atoms with E-state index in [-0.39, 0.29) is 11.8 Å². The molecular weight excluding hydrogens is 184 g/mol. The number of amides is 1. The van der Waals surface area contributed by atoms with Crippen molar-refractivity contribution < 1.29 is 4.79 Å². The molecule has 0 saturated heterocycles. The minimum atomic E-state index is 0.102. The van der Waals surface area contributed by atoms with Crippen LogP contribution in [0.2, 0.25) is 0 Å². The van der Waals surface area contributed by atoms with Crippen LogP contribution in [0.25, 0.3) is 0 Å². The van der Waals surface area contributed by atoms with Gasteiger partial charge in [-0.2, -0.15) is 0 Å². The summed E-state index contributed by atoms with van der Waals surface area (Å²) in [6.07, 6.45) is 0.540. The van der Waals surface area contributed by atoms with Gasteiger partial charge in [0.1, 0.15) is 0 Å². The van der Waals surface area contributed by atoms with Crippen LogP contribution in [0, 0.1) is 5.92 Å². The van der Waals surface area contributed by atoms with Crippen molar-refractivity contribution in [2.45, 2.75) is 27.2 Å². The molecule has 4 heteroatoms. The molecule has 13 heavy (non-hydrogen) atoms. The van der Waals surface area contributed by atoms with Crippen LogP contribution in [0.1, 0.15) is 27.2 Å². The monoisotopic (exact) mass is 202 g/mol. The first kappa shape index (κ1) is 12.4. The molecule has 1 atom stereocenters. The SMILES string of the molecule is CCC(=O)N(CC)CC(C)C(N)=S. The molecule has 76 valence electrons. The van der Waals surface area contributed by atoms with E-state index < -0.39 is 0 Å². The van der Waals surface area contributed by atoms with Crippen LogP contribution in [0.15, 0.2) is 0 Å². The molecule has 0 bridgehead atoms. The topological polar surface area (TPSA) is 46.3 Å². The number of rotatable bonds is 5. The molecule has 0 aliphatic heterocycles. The van der Waals surface area contributed by atoms with E-state index in [1.165, 1.54) is 0 Å². The first-order chi connectivity index (χ1) is 6.02. The van der Waals surface area contributed by atoms with Gasteiger partial charge in [0.05, 0.1) is 4.99 Å². The summed E-state index contributed by atoms with van der Waals surface area (Å²) < 4.78 is 0. The molecule has 0 aromatic carbocycles. The van der Waals surface area contributed by atoms with Crippen LogP contribution in [0.4, 0.5) is 0 Å². The highest BCUT2D eigenvalue weighted by Gasteiger charge is 2.14. The van der Waals surface area contributed by atoms with E-state index in [9.17, 15) is 4.79 Å². The average molecular weight is 202 g/mol. The van der Waals surface area contributed by atoms with E-state index in [4.69, 9.17) is 18.0 Å². The summed E-state index contributed by atoms with van der Waals surface area (Å²) in [5.41, 5.74) is 5.47. The van der Waals surface area contributed by atoms with Crippen molar-refractivity contribution >= 4 is 23.1 Å². The Morgan fingerprint density at radius 1 is 1.54 bits per heavy atom. The molecule has 2 N–H and O–H groups in total. The maximum Gasteiger partial charge on any atom is 0.222 e. The molecule has 0 aliphatic rings. The van der Waals surface area contributed by atoms with Gasteiger partial charge in [0.2, 0.25) is 5.91 Å². The maximum absolute atomic E-state index is 11.3. The largest absolute Gasteiger partial charge is 0.393 e. The summed E-state index contributed by atoms with van der Waals surface area (Å²) >= 11 is 4.85. The number of thiocarbonyl (C=S) groups is 1. The van der Waals surface area contributed by atoms with Gasteiger partial charge in [0.15, 0.2) is 0 Å².